The number of benzene rings is 1. The number of morpholine rings is 1. The van der Waals surface area contributed by atoms with E-state index in [-0.39, 0.29) is 5.91 Å². The molecule has 5 nitrogen and oxygen atoms in total. The first kappa shape index (κ1) is 15.8. The van der Waals surface area contributed by atoms with Gasteiger partial charge in [-0.1, -0.05) is 0 Å². The number of hydrogen-bond donors (Lipinski definition) is 0. The molecule has 23 heavy (non-hydrogen) atoms. The first-order chi connectivity index (χ1) is 11.2. The minimum absolute atomic E-state index is 0.0670. The van der Waals surface area contributed by atoms with E-state index >= 15 is 0 Å². The van der Waals surface area contributed by atoms with Crippen molar-refractivity contribution in [2.24, 2.45) is 0 Å². The van der Waals surface area contributed by atoms with Gasteiger partial charge in [0.1, 0.15) is 0 Å². The molecule has 1 aromatic carbocycles. The van der Waals surface area contributed by atoms with E-state index in [1.54, 1.807) is 4.90 Å². The topological polar surface area (TPSA) is 37.7 Å². The van der Waals surface area contributed by atoms with Gasteiger partial charge in [0, 0.05) is 56.9 Å². The van der Waals surface area contributed by atoms with Gasteiger partial charge in [-0.05, 0) is 36.4 Å². The molecule has 0 saturated carbocycles. The number of nitrogens with zero attached hydrogens (tertiary/aromatic N) is 3. The van der Waals surface area contributed by atoms with Crippen LogP contribution in [0.3, 0.4) is 0 Å². The van der Waals surface area contributed by atoms with Crippen molar-refractivity contribution in [1.29, 1.82) is 0 Å². The average molecular weight is 313 g/mol. The second-order valence-electron chi connectivity index (χ2n) is 5.82. The Labute approximate surface area is 137 Å². The highest BCUT2D eigenvalue weighted by atomic mass is 16.5. The van der Waals surface area contributed by atoms with Gasteiger partial charge in [-0.15, -0.1) is 0 Å². The molecule has 3 rings (SSSR count). The van der Waals surface area contributed by atoms with Gasteiger partial charge in [0.2, 0.25) is 0 Å². The molecule has 1 fully saturated rings. The number of carbonyl (C=O) groups excluding carboxylic acids is 1. The van der Waals surface area contributed by atoms with Crippen LogP contribution in [0.15, 0.2) is 48.8 Å². The molecule has 2 heterocycles. The highest BCUT2D eigenvalue weighted by Crippen LogP contribution is 2.11. The average Bonchev–Trinajstić information content (AvgIpc) is 3.15. The smallest absolute Gasteiger partial charge is 0.253 e. The van der Waals surface area contributed by atoms with Gasteiger partial charge in [0.05, 0.1) is 13.2 Å². The van der Waals surface area contributed by atoms with Gasteiger partial charge in [-0.3, -0.25) is 9.69 Å². The van der Waals surface area contributed by atoms with Crippen LogP contribution in [0.25, 0.3) is 5.69 Å². The Bertz CT molecular complexity index is 616. The van der Waals surface area contributed by atoms with E-state index in [1.807, 2.05) is 60.4 Å². The molecule has 1 saturated heterocycles. The van der Waals surface area contributed by atoms with Gasteiger partial charge in [0.25, 0.3) is 5.91 Å². The van der Waals surface area contributed by atoms with Crippen LogP contribution in [-0.2, 0) is 4.74 Å². The second-order valence-corrected chi connectivity index (χ2v) is 5.82. The fourth-order valence-electron chi connectivity index (χ4n) is 2.72. The molecule has 1 amide bonds. The fraction of sp³-hybridized carbons (Fsp3) is 0.389. The maximum Gasteiger partial charge on any atom is 0.253 e. The van der Waals surface area contributed by atoms with Crippen molar-refractivity contribution in [3.8, 4) is 5.69 Å². The largest absolute Gasteiger partial charge is 0.379 e. The van der Waals surface area contributed by atoms with E-state index in [9.17, 15) is 4.79 Å². The SMILES string of the molecule is CN(CCN1CCOCC1)C(=O)c1ccc(-n2cccc2)cc1. The van der Waals surface area contributed by atoms with Crippen LogP contribution in [0.4, 0.5) is 0 Å². The minimum atomic E-state index is 0.0670. The molecule has 0 aliphatic carbocycles. The quantitative estimate of drug-likeness (QED) is 0.846. The maximum atomic E-state index is 12.5. The molecule has 0 N–H and O–H groups in total. The number of carbonyl (C=O) groups is 1. The van der Waals surface area contributed by atoms with Crippen LogP contribution in [0.5, 0.6) is 0 Å². The molecule has 0 radical (unpaired) electrons. The zero-order valence-electron chi connectivity index (χ0n) is 13.5. The lowest BCUT2D eigenvalue weighted by molar-refractivity contribution is 0.0338. The molecule has 5 heteroatoms. The van der Waals surface area contributed by atoms with Gasteiger partial charge in [0.15, 0.2) is 0 Å². The van der Waals surface area contributed by atoms with Gasteiger partial charge in [-0.25, -0.2) is 0 Å². The van der Waals surface area contributed by atoms with Crippen LogP contribution in [0.2, 0.25) is 0 Å². The van der Waals surface area contributed by atoms with Crippen molar-refractivity contribution in [2.75, 3.05) is 46.4 Å². The lowest BCUT2D eigenvalue weighted by Gasteiger charge is -2.28. The highest BCUT2D eigenvalue weighted by molar-refractivity contribution is 5.94. The predicted molar refractivity (Wildman–Crippen MR) is 90.0 cm³/mol. The number of aromatic nitrogens is 1. The summed E-state index contributed by atoms with van der Waals surface area (Å²) in [6.45, 7) is 5.11. The third-order valence-corrected chi connectivity index (χ3v) is 4.22. The summed E-state index contributed by atoms with van der Waals surface area (Å²) in [5.74, 6) is 0.0670. The van der Waals surface area contributed by atoms with Crippen LogP contribution < -0.4 is 0 Å². The Balaban J connectivity index is 1.56. The summed E-state index contributed by atoms with van der Waals surface area (Å²) in [5.41, 5.74) is 1.79. The van der Waals surface area contributed by atoms with Crippen molar-refractivity contribution in [1.82, 2.24) is 14.4 Å². The molecule has 2 aromatic rings. The van der Waals surface area contributed by atoms with E-state index < -0.39 is 0 Å². The van der Waals surface area contributed by atoms with Gasteiger partial charge in [-0.2, -0.15) is 0 Å². The summed E-state index contributed by atoms with van der Waals surface area (Å²) in [5, 5.41) is 0. The fourth-order valence-corrected chi connectivity index (χ4v) is 2.72. The summed E-state index contributed by atoms with van der Waals surface area (Å²) in [4.78, 5) is 16.6. The number of ether oxygens (including phenoxy) is 1. The summed E-state index contributed by atoms with van der Waals surface area (Å²) >= 11 is 0. The van der Waals surface area contributed by atoms with E-state index in [4.69, 9.17) is 4.74 Å². The van der Waals surface area contributed by atoms with Gasteiger partial charge >= 0.3 is 0 Å². The van der Waals surface area contributed by atoms with E-state index in [1.165, 1.54) is 0 Å². The lowest BCUT2D eigenvalue weighted by Crippen LogP contribution is -2.41. The van der Waals surface area contributed by atoms with Crippen LogP contribution in [0, 0.1) is 0 Å². The summed E-state index contributed by atoms with van der Waals surface area (Å²) in [6, 6.07) is 11.7. The van der Waals surface area contributed by atoms with Gasteiger partial charge < -0.3 is 14.2 Å². The summed E-state index contributed by atoms with van der Waals surface area (Å²) in [6.07, 6.45) is 3.98. The number of rotatable bonds is 5. The third kappa shape index (κ3) is 4.00. The Morgan fingerprint density at radius 1 is 1.13 bits per heavy atom. The number of likely N-dealkylation sites (N-methyl/N-ethyl adjacent to an activating group) is 1. The number of amides is 1. The van der Waals surface area contributed by atoms with Crippen molar-refractivity contribution < 1.29 is 9.53 Å². The molecule has 0 bridgehead atoms. The second kappa shape index (κ2) is 7.44. The van der Waals surface area contributed by atoms with E-state index in [2.05, 4.69) is 4.90 Å². The molecule has 0 unspecified atom stereocenters. The standard InChI is InChI=1S/C18H23N3O2/c1-19(10-11-20-12-14-23-15-13-20)18(22)16-4-6-17(7-5-16)21-8-2-3-9-21/h2-9H,10-15H2,1H3. The molecule has 0 spiro atoms. The first-order valence-corrected chi connectivity index (χ1v) is 8.03. The Kier molecular flexibility index (Phi) is 5.10. The first-order valence-electron chi connectivity index (χ1n) is 8.03. The molecule has 122 valence electrons. The molecule has 1 aliphatic rings. The Morgan fingerprint density at radius 3 is 2.43 bits per heavy atom. The van der Waals surface area contributed by atoms with Crippen molar-refractivity contribution in [3.63, 3.8) is 0 Å². The molecule has 1 aromatic heterocycles. The van der Waals surface area contributed by atoms with Crippen LogP contribution in [-0.4, -0.2) is 66.7 Å². The number of hydrogen-bond acceptors (Lipinski definition) is 3. The van der Waals surface area contributed by atoms with Crippen molar-refractivity contribution in [3.05, 3.63) is 54.4 Å². The molecular formula is C18H23N3O2. The maximum absolute atomic E-state index is 12.5. The van der Waals surface area contributed by atoms with Crippen LogP contribution >= 0.6 is 0 Å². The zero-order valence-corrected chi connectivity index (χ0v) is 13.5. The monoisotopic (exact) mass is 313 g/mol. The van der Waals surface area contributed by atoms with Crippen molar-refractivity contribution in [2.45, 2.75) is 0 Å². The summed E-state index contributed by atoms with van der Waals surface area (Å²) < 4.78 is 7.37. The van der Waals surface area contributed by atoms with E-state index in [0.29, 0.717) is 0 Å². The third-order valence-electron chi connectivity index (χ3n) is 4.22. The summed E-state index contributed by atoms with van der Waals surface area (Å²) in [7, 11) is 1.86. The molecule has 1 aliphatic heterocycles. The van der Waals surface area contributed by atoms with Crippen LogP contribution in [0.1, 0.15) is 10.4 Å². The minimum Gasteiger partial charge on any atom is -0.379 e. The predicted octanol–water partition coefficient (Wildman–Crippen LogP) is 1.88. The zero-order chi connectivity index (χ0) is 16.1. The highest BCUT2D eigenvalue weighted by Gasteiger charge is 2.15. The normalized spacial score (nSPS) is 15.5. The molecule has 0 atom stereocenters. The lowest BCUT2D eigenvalue weighted by atomic mass is 10.2. The molecular weight excluding hydrogens is 290 g/mol. The van der Waals surface area contributed by atoms with Crippen molar-refractivity contribution >= 4 is 5.91 Å². The Hall–Kier alpha value is -2.11. The Morgan fingerprint density at radius 2 is 1.78 bits per heavy atom. The van der Waals surface area contributed by atoms with E-state index in [0.717, 1.165) is 50.6 Å².